The van der Waals surface area contributed by atoms with Crippen molar-refractivity contribution in [1.82, 2.24) is 4.98 Å². The minimum absolute atomic E-state index is 0.0329. The minimum Gasteiger partial charge on any atom is -0.436 e. The molecule has 1 heterocycles. The van der Waals surface area contributed by atoms with Crippen LogP contribution in [0.1, 0.15) is 11.1 Å². The van der Waals surface area contributed by atoms with Crippen molar-refractivity contribution in [2.75, 3.05) is 5.32 Å². The third kappa shape index (κ3) is 4.49. The zero-order chi connectivity index (χ0) is 22.8. The van der Waals surface area contributed by atoms with E-state index in [9.17, 15) is 14.9 Å². The number of aromatic nitrogens is 1. The van der Waals surface area contributed by atoms with Crippen LogP contribution in [0.25, 0.3) is 28.6 Å². The maximum Gasteiger partial charge on any atom is 0.288 e. The number of carbonyl (C=O) groups is 1. The van der Waals surface area contributed by atoms with Gasteiger partial charge in [0.25, 0.3) is 5.69 Å². The molecule has 0 atom stereocenters. The number of nitro benzene ring substituents is 1. The zero-order valence-electron chi connectivity index (χ0n) is 16.6. The topological polar surface area (TPSA) is 98.3 Å². The predicted molar refractivity (Wildman–Crippen MR) is 125 cm³/mol. The second kappa shape index (κ2) is 8.82. The molecule has 0 unspecified atom stereocenters. The maximum absolute atomic E-state index is 12.4. The lowest BCUT2D eigenvalue weighted by Crippen LogP contribution is -2.09. The van der Waals surface area contributed by atoms with Crippen LogP contribution in [0.4, 0.5) is 11.4 Å². The van der Waals surface area contributed by atoms with Gasteiger partial charge in [-0.2, -0.15) is 0 Å². The highest BCUT2D eigenvalue weighted by atomic mass is 35.5. The van der Waals surface area contributed by atoms with Gasteiger partial charge in [-0.3, -0.25) is 14.9 Å². The lowest BCUT2D eigenvalue weighted by atomic mass is 10.1. The van der Waals surface area contributed by atoms with Crippen molar-refractivity contribution < 1.29 is 14.1 Å². The number of carbonyl (C=O) groups excluding carboxylic acids is 1. The number of oxazole rings is 1. The number of halogens is 2. The summed E-state index contributed by atoms with van der Waals surface area (Å²) < 4.78 is 5.83. The van der Waals surface area contributed by atoms with Crippen molar-refractivity contribution in [3.05, 3.63) is 92.0 Å². The number of fused-ring (bicyclic) bond motifs is 1. The third-order valence-corrected chi connectivity index (χ3v) is 5.32. The number of nitrogens with zero attached hydrogens (tertiary/aromatic N) is 2. The van der Waals surface area contributed by atoms with Crippen molar-refractivity contribution in [2.24, 2.45) is 0 Å². The van der Waals surface area contributed by atoms with Crippen LogP contribution in [0.15, 0.2) is 65.1 Å². The fourth-order valence-electron chi connectivity index (χ4n) is 3.14. The smallest absolute Gasteiger partial charge is 0.288 e. The van der Waals surface area contributed by atoms with Gasteiger partial charge in [-0.25, -0.2) is 4.98 Å². The molecule has 160 valence electrons. The Bertz CT molecular complexity index is 1400. The molecule has 1 amide bonds. The molecule has 0 fully saturated rings. The molecule has 0 saturated carbocycles. The number of nitro groups is 1. The number of amides is 1. The fourth-order valence-corrected chi connectivity index (χ4v) is 3.49. The lowest BCUT2D eigenvalue weighted by molar-refractivity contribution is -0.384. The molecule has 0 bridgehead atoms. The van der Waals surface area contributed by atoms with Crippen LogP contribution in [0.5, 0.6) is 0 Å². The van der Waals surface area contributed by atoms with Crippen LogP contribution >= 0.6 is 23.2 Å². The van der Waals surface area contributed by atoms with Gasteiger partial charge in [-0.05, 0) is 60.5 Å². The average Bonchev–Trinajstić information content (AvgIpc) is 3.17. The first kappa shape index (κ1) is 21.5. The highest BCUT2D eigenvalue weighted by Gasteiger charge is 2.14. The van der Waals surface area contributed by atoms with Gasteiger partial charge in [-0.1, -0.05) is 35.3 Å². The summed E-state index contributed by atoms with van der Waals surface area (Å²) in [6, 6.07) is 14.9. The Morgan fingerprint density at radius 3 is 2.75 bits per heavy atom. The van der Waals surface area contributed by atoms with E-state index in [0.29, 0.717) is 33.3 Å². The highest BCUT2D eigenvalue weighted by Crippen LogP contribution is 2.31. The zero-order valence-corrected chi connectivity index (χ0v) is 18.1. The summed E-state index contributed by atoms with van der Waals surface area (Å²) in [6.45, 7) is 1.85. The second-order valence-electron chi connectivity index (χ2n) is 6.90. The first-order valence-corrected chi connectivity index (χ1v) is 10.2. The Morgan fingerprint density at radius 1 is 1.16 bits per heavy atom. The molecule has 0 radical (unpaired) electrons. The van der Waals surface area contributed by atoms with Crippen molar-refractivity contribution in [3.63, 3.8) is 0 Å². The molecule has 1 aromatic heterocycles. The van der Waals surface area contributed by atoms with E-state index < -0.39 is 10.8 Å². The average molecular weight is 468 g/mol. The van der Waals surface area contributed by atoms with Gasteiger partial charge in [-0.15, -0.1) is 0 Å². The SMILES string of the molecule is Cc1c(NC(=O)C=Cc2ccc(Cl)c([N+](=O)[O-])c2)cccc1-c1nc2cc(Cl)ccc2o1. The van der Waals surface area contributed by atoms with E-state index in [1.54, 1.807) is 36.4 Å². The third-order valence-electron chi connectivity index (χ3n) is 4.77. The van der Waals surface area contributed by atoms with Crippen molar-refractivity contribution >= 4 is 57.7 Å². The fraction of sp³-hybridized carbons (Fsp3) is 0.0435. The normalized spacial score (nSPS) is 11.2. The van der Waals surface area contributed by atoms with Crippen LogP contribution in [0, 0.1) is 17.0 Å². The van der Waals surface area contributed by atoms with E-state index in [0.717, 1.165) is 11.1 Å². The van der Waals surface area contributed by atoms with Gasteiger partial charge in [0.2, 0.25) is 11.8 Å². The summed E-state index contributed by atoms with van der Waals surface area (Å²) in [6.07, 6.45) is 2.77. The summed E-state index contributed by atoms with van der Waals surface area (Å²) in [5, 5.41) is 14.4. The number of rotatable bonds is 5. The van der Waals surface area contributed by atoms with Crippen LogP contribution < -0.4 is 5.32 Å². The minimum atomic E-state index is -0.575. The van der Waals surface area contributed by atoms with E-state index in [-0.39, 0.29) is 10.7 Å². The molecule has 9 heteroatoms. The van der Waals surface area contributed by atoms with E-state index in [1.807, 2.05) is 13.0 Å². The Labute approximate surface area is 192 Å². The number of nitrogens with one attached hydrogen (secondary N) is 1. The molecular weight excluding hydrogens is 453 g/mol. The van der Waals surface area contributed by atoms with Crippen LogP contribution in [-0.4, -0.2) is 15.8 Å². The van der Waals surface area contributed by atoms with Gasteiger partial charge in [0.15, 0.2) is 5.58 Å². The Morgan fingerprint density at radius 2 is 1.97 bits per heavy atom. The first-order chi connectivity index (χ1) is 15.3. The molecule has 7 nitrogen and oxygen atoms in total. The Hall–Kier alpha value is -3.68. The van der Waals surface area contributed by atoms with Crippen LogP contribution in [0.2, 0.25) is 10.0 Å². The number of benzene rings is 3. The van der Waals surface area contributed by atoms with Gasteiger partial charge in [0, 0.05) is 28.4 Å². The molecule has 1 N–H and O–H groups in total. The molecule has 0 aliphatic rings. The molecule has 0 aliphatic carbocycles. The van der Waals surface area contributed by atoms with E-state index in [4.69, 9.17) is 27.6 Å². The van der Waals surface area contributed by atoms with Gasteiger partial charge in [0.05, 0.1) is 4.92 Å². The van der Waals surface area contributed by atoms with Crippen LogP contribution in [-0.2, 0) is 4.79 Å². The van der Waals surface area contributed by atoms with Gasteiger partial charge in [0.1, 0.15) is 10.5 Å². The second-order valence-corrected chi connectivity index (χ2v) is 7.74. The maximum atomic E-state index is 12.4. The van der Waals surface area contributed by atoms with Gasteiger partial charge < -0.3 is 9.73 Å². The molecule has 4 aromatic rings. The summed E-state index contributed by atoms with van der Waals surface area (Å²) in [5.41, 5.74) is 3.59. The predicted octanol–water partition coefficient (Wildman–Crippen LogP) is 6.67. The summed E-state index contributed by atoms with van der Waals surface area (Å²) in [4.78, 5) is 27.4. The summed E-state index contributed by atoms with van der Waals surface area (Å²) in [7, 11) is 0. The Balaban J connectivity index is 1.56. The van der Waals surface area contributed by atoms with E-state index in [1.165, 1.54) is 24.3 Å². The highest BCUT2D eigenvalue weighted by molar-refractivity contribution is 6.32. The molecule has 3 aromatic carbocycles. The standard InChI is InChI=1S/C23H15Cl2N3O4/c1-13-16(23-27-19-12-15(24)7-9-21(19)32-23)3-2-4-18(13)26-22(29)10-6-14-5-8-17(25)20(11-14)28(30)31/h2-12H,1H3,(H,26,29). The van der Waals surface area contributed by atoms with Crippen molar-refractivity contribution in [1.29, 1.82) is 0 Å². The van der Waals surface area contributed by atoms with Crippen molar-refractivity contribution in [3.8, 4) is 11.5 Å². The molecular formula is C23H15Cl2N3O4. The quantitative estimate of drug-likeness (QED) is 0.200. The number of hydrogen-bond donors (Lipinski definition) is 1. The summed E-state index contributed by atoms with van der Waals surface area (Å²) in [5.74, 6) is 0.0204. The molecule has 0 aliphatic heterocycles. The van der Waals surface area contributed by atoms with E-state index in [2.05, 4.69) is 10.3 Å². The number of anilines is 1. The first-order valence-electron chi connectivity index (χ1n) is 9.41. The number of hydrogen-bond acceptors (Lipinski definition) is 5. The molecule has 32 heavy (non-hydrogen) atoms. The van der Waals surface area contributed by atoms with Gasteiger partial charge >= 0.3 is 0 Å². The largest absolute Gasteiger partial charge is 0.436 e. The van der Waals surface area contributed by atoms with Crippen molar-refractivity contribution in [2.45, 2.75) is 6.92 Å². The van der Waals surface area contributed by atoms with Crippen LogP contribution in [0.3, 0.4) is 0 Å². The summed E-state index contributed by atoms with van der Waals surface area (Å²) >= 11 is 11.8. The molecule has 0 saturated heterocycles. The lowest BCUT2D eigenvalue weighted by Gasteiger charge is -2.09. The monoisotopic (exact) mass is 467 g/mol. The Kier molecular flexibility index (Phi) is 5.94. The van der Waals surface area contributed by atoms with E-state index >= 15 is 0 Å². The molecule has 4 rings (SSSR count). The molecule has 0 spiro atoms.